The summed E-state index contributed by atoms with van der Waals surface area (Å²) in [5, 5.41) is 4.25. The number of rotatable bonds is 5. The number of benzene rings is 1. The minimum atomic E-state index is -4.51. The van der Waals surface area contributed by atoms with E-state index in [9.17, 15) is 18.0 Å². The Balaban J connectivity index is 1.46. The molecule has 0 radical (unpaired) electrons. The molecule has 32 heavy (non-hydrogen) atoms. The summed E-state index contributed by atoms with van der Waals surface area (Å²) < 4.78 is 46.6. The van der Waals surface area contributed by atoms with Gasteiger partial charge in [-0.2, -0.15) is 18.3 Å². The van der Waals surface area contributed by atoms with E-state index in [0.29, 0.717) is 49.5 Å². The van der Waals surface area contributed by atoms with Crippen molar-refractivity contribution in [3.63, 3.8) is 0 Å². The van der Waals surface area contributed by atoms with Crippen molar-refractivity contribution in [3.05, 3.63) is 59.0 Å². The van der Waals surface area contributed by atoms with Crippen LogP contribution in [0.4, 0.5) is 13.2 Å². The summed E-state index contributed by atoms with van der Waals surface area (Å²) in [7, 11) is 1.58. The average molecular weight is 446 g/mol. The molecule has 0 saturated carbocycles. The van der Waals surface area contributed by atoms with Crippen LogP contribution in [0.1, 0.15) is 48.3 Å². The number of likely N-dealkylation sites (tertiary alicyclic amines) is 1. The number of ether oxygens (including phenoxy) is 1. The zero-order chi connectivity index (χ0) is 22.9. The standard InChI is InChI=1S/C23H25F3N4O2/c1-3-17-13-20(23(24,25)26)30-21(27-17)14-19(28-30)16-7-9-29(10-8-16)22(31)12-15-5-4-6-18(11-15)32-2/h4-6,11,13-14,16H,3,7-10,12H2,1-2H3. The molecule has 1 fully saturated rings. The summed E-state index contributed by atoms with van der Waals surface area (Å²) in [5.74, 6) is 0.725. The number of amides is 1. The highest BCUT2D eigenvalue weighted by atomic mass is 19.4. The van der Waals surface area contributed by atoms with Crippen LogP contribution < -0.4 is 4.74 Å². The molecule has 0 aliphatic carbocycles. The largest absolute Gasteiger partial charge is 0.497 e. The second-order valence-corrected chi connectivity index (χ2v) is 8.01. The van der Waals surface area contributed by atoms with Crippen LogP contribution in [0.5, 0.6) is 5.75 Å². The maximum atomic E-state index is 13.5. The summed E-state index contributed by atoms with van der Waals surface area (Å²) in [6.45, 7) is 2.86. The topological polar surface area (TPSA) is 59.7 Å². The fraction of sp³-hybridized carbons (Fsp3) is 0.435. The fourth-order valence-corrected chi connectivity index (χ4v) is 4.12. The lowest BCUT2D eigenvalue weighted by molar-refractivity contribution is -0.142. The normalized spacial score (nSPS) is 15.3. The number of alkyl halides is 3. The molecule has 1 aliphatic rings. The number of aromatic nitrogens is 3. The number of piperidine rings is 1. The van der Waals surface area contributed by atoms with Gasteiger partial charge in [-0.1, -0.05) is 19.1 Å². The van der Waals surface area contributed by atoms with Gasteiger partial charge in [0, 0.05) is 30.8 Å². The molecule has 3 heterocycles. The van der Waals surface area contributed by atoms with Crippen molar-refractivity contribution in [3.8, 4) is 5.75 Å². The maximum Gasteiger partial charge on any atom is 0.433 e. The number of carbonyl (C=O) groups excluding carboxylic acids is 1. The number of halogens is 3. The Kier molecular flexibility index (Phi) is 6.08. The summed E-state index contributed by atoms with van der Waals surface area (Å²) in [6, 6.07) is 10.1. The number of fused-ring (bicyclic) bond motifs is 1. The molecule has 1 aromatic carbocycles. The quantitative estimate of drug-likeness (QED) is 0.588. The molecule has 0 atom stereocenters. The number of aryl methyl sites for hydroxylation is 1. The predicted molar refractivity (Wildman–Crippen MR) is 113 cm³/mol. The van der Waals surface area contributed by atoms with E-state index in [1.54, 1.807) is 25.0 Å². The highest BCUT2D eigenvalue weighted by Crippen LogP contribution is 2.33. The molecule has 0 unspecified atom stereocenters. The van der Waals surface area contributed by atoms with Crippen LogP contribution in [-0.2, 0) is 23.8 Å². The number of hydrogen-bond acceptors (Lipinski definition) is 4. The minimum Gasteiger partial charge on any atom is -0.497 e. The van der Waals surface area contributed by atoms with Crippen LogP contribution in [0.15, 0.2) is 36.4 Å². The van der Waals surface area contributed by atoms with E-state index >= 15 is 0 Å². The first-order valence-electron chi connectivity index (χ1n) is 10.7. The van der Waals surface area contributed by atoms with Gasteiger partial charge < -0.3 is 9.64 Å². The first kappa shape index (κ1) is 22.1. The van der Waals surface area contributed by atoms with E-state index in [-0.39, 0.29) is 23.9 Å². The van der Waals surface area contributed by atoms with Crippen molar-refractivity contribution in [2.45, 2.75) is 44.7 Å². The van der Waals surface area contributed by atoms with Gasteiger partial charge in [-0.15, -0.1) is 0 Å². The molecule has 0 N–H and O–H groups in total. The zero-order valence-electron chi connectivity index (χ0n) is 18.0. The Morgan fingerprint density at radius 1 is 1.19 bits per heavy atom. The van der Waals surface area contributed by atoms with Crippen LogP contribution >= 0.6 is 0 Å². The Hall–Kier alpha value is -3.10. The first-order chi connectivity index (χ1) is 15.3. The molecular formula is C23H25F3N4O2. The molecule has 1 aliphatic heterocycles. The van der Waals surface area contributed by atoms with Gasteiger partial charge in [-0.3, -0.25) is 4.79 Å². The number of methoxy groups -OCH3 is 1. The molecule has 2 aromatic heterocycles. The molecule has 0 bridgehead atoms. The number of carbonyl (C=O) groups is 1. The van der Waals surface area contributed by atoms with Crippen molar-refractivity contribution in [2.24, 2.45) is 0 Å². The molecule has 4 rings (SSSR count). The van der Waals surface area contributed by atoms with Crippen molar-refractivity contribution < 1.29 is 22.7 Å². The third-order valence-corrected chi connectivity index (χ3v) is 5.91. The van der Waals surface area contributed by atoms with Crippen molar-refractivity contribution in [1.29, 1.82) is 0 Å². The van der Waals surface area contributed by atoms with Crippen LogP contribution in [0.25, 0.3) is 5.65 Å². The fourth-order valence-electron chi connectivity index (χ4n) is 4.12. The number of nitrogens with zero attached hydrogens (tertiary/aromatic N) is 4. The SMILES string of the molecule is CCc1cc(C(F)(F)F)n2nc(C3CCN(C(=O)Cc4cccc(OC)c4)CC3)cc2n1. The van der Waals surface area contributed by atoms with Crippen molar-refractivity contribution in [1.82, 2.24) is 19.5 Å². The molecule has 9 heteroatoms. The Morgan fingerprint density at radius 2 is 1.94 bits per heavy atom. The highest BCUT2D eigenvalue weighted by Gasteiger charge is 2.35. The lowest BCUT2D eigenvalue weighted by atomic mass is 9.93. The maximum absolute atomic E-state index is 13.5. The van der Waals surface area contributed by atoms with Gasteiger partial charge >= 0.3 is 6.18 Å². The van der Waals surface area contributed by atoms with Gasteiger partial charge in [-0.25, -0.2) is 9.50 Å². The Bertz CT molecular complexity index is 1120. The van der Waals surface area contributed by atoms with Crippen molar-refractivity contribution >= 4 is 11.6 Å². The predicted octanol–water partition coefficient (Wildman–Crippen LogP) is 4.27. The number of hydrogen-bond donors (Lipinski definition) is 0. The first-order valence-corrected chi connectivity index (χ1v) is 10.7. The third kappa shape index (κ3) is 4.56. The van der Waals surface area contributed by atoms with Crippen LogP contribution in [0.2, 0.25) is 0 Å². The molecule has 1 amide bonds. The second kappa shape index (κ2) is 8.80. The van der Waals surface area contributed by atoms with E-state index in [1.807, 2.05) is 24.3 Å². The highest BCUT2D eigenvalue weighted by molar-refractivity contribution is 5.79. The molecular weight excluding hydrogens is 421 g/mol. The van der Waals surface area contributed by atoms with Crippen LogP contribution in [0.3, 0.4) is 0 Å². The van der Waals surface area contributed by atoms with Crippen molar-refractivity contribution in [2.75, 3.05) is 20.2 Å². The second-order valence-electron chi connectivity index (χ2n) is 8.01. The zero-order valence-corrected chi connectivity index (χ0v) is 18.0. The molecule has 0 spiro atoms. The summed E-state index contributed by atoms with van der Waals surface area (Å²) >= 11 is 0. The van der Waals surface area contributed by atoms with E-state index in [1.165, 1.54) is 0 Å². The molecule has 3 aromatic rings. The van der Waals surface area contributed by atoms with Gasteiger partial charge in [0.2, 0.25) is 5.91 Å². The van der Waals surface area contributed by atoms with Gasteiger partial charge in [-0.05, 0) is 43.0 Å². The van der Waals surface area contributed by atoms with E-state index in [2.05, 4.69) is 10.1 Å². The molecule has 6 nitrogen and oxygen atoms in total. The van der Waals surface area contributed by atoms with Crippen LogP contribution in [0, 0.1) is 0 Å². The van der Waals surface area contributed by atoms with E-state index in [0.717, 1.165) is 16.1 Å². The minimum absolute atomic E-state index is 0.0104. The van der Waals surface area contributed by atoms with Gasteiger partial charge in [0.25, 0.3) is 0 Å². The summed E-state index contributed by atoms with van der Waals surface area (Å²) in [5.41, 5.74) is 1.26. The Morgan fingerprint density at radius 3 is 2.59 bits per heavy atom. The van der Waals surface area contributed by atoms with E-state index < -0.39 is 11.9 Å². The molecule has 1 saturated heterocycles. The molecule has 170 valence electrons. The monoisotopic (exact) mass is 446 g/mol. The lowest BCUT2D eigenvalue weighted by Crippen LogP contribution is -2.38. The summed E-state index contributed by atoms with van der Waals surface area (Å²) in [6.07, 6.45) is -2.52. The van der Waals surface area contributed by atoms with E-state index in [4.69, 9.17) is 4.74 Å². The summed E-state index contributed by atoms with van der Waals surface area (Å²) in [4.78, 5) is 18.8. The smallest absolute Gasteiger partial charge is 0.433 e. The Labute approximate surface area is 184 Å². The van der Waals surface area contributed by atoms with Gasteiger partial charge in [0.1, 0.15) is 11.4 Å². The van der Waals surface area contributed by atoms with Gasteiger partial charge in [0.15, 0.2) is 5.65 Å². The lowest BCUT2D eigenvalue weighted by Gasteiger charge is -2.31. The average Bonchev–Trinajstić information content (AvgIpc) is 3.22. The third-order valence-electron chi connectivity index (χ3n) is 5.91. The van der Waals surface area contributed by atoms with Crippen LogP contribution in [-0.4, -0.2) is 45.6 Å². The van der Waals surface area contributed by atoms with Gasteiger partial charge in [0.05, 0.1) is 19.2 Å².